The maximum absolute atomic E-state index is 12.3. The number of furan rings is 1. The van der Waals surface area contributed by atoms with Gasteiger partial charge in [0.1, 0.15) is 12.0 Å². The van der Waals surface area contributed by atoms with Crippen LogP contribution in [0.25, 0.3) is 0 Å². The van der Waals surface area contributed by atoms with Gasteiger partial charge >= 0.3 is 6.18 Å². The molecule has 8 heteroatoms. The standard InChI is InChI=1S/C13H17F3N2O2.ClH/c14-13(15,16)3-4-18(7-9-1-2-9)12(19)10-5-11(6-17)20-8-10;/h5,8-9H,1-4,6-7,17H2;1H. The number of carbonyl (C=O) groups excluding carboxylic acids is 1. The zero-order chi connectivity index (χ0) is 14.8. The lowest BCUT2D eigenvalue weighted by atomic mass is 10.2. The normalized spacial score (nSPS) is 14.7. The molecule has 21 heavy (non-hydrogen) atoms. The van der Waals surface area contributed by atoms with E-state index in [2.05, 4.69) is 0 Å². The number of rotatable bonds is 6. The molecule has 0 saturated heterocycles. The van der Waals surface area contributed by atoms with Crippen molar-refractivity contribution in [3.05, 3.63) is 23.7 Å². The lowest BCUT2D eigenvalue weighted by molar-refractivity contribution is -0.136. The highest BCUT2D eigenvalue weighted by Crippen LogP contribution is 2.31. The molecule has 120 valence electrons. The first-order chi connectivity index (χ1) is 9.39. The van der Waals surface area contributed by atoms with Crippen LogP contribution in [0.1, 0.15) is 35.4 Å². The van der Waals surface area contributed by atoms with Crippen LogP contribution in [0.2, 0.25) is 0 Å². The molecule has 1 heterocycles. The fourth-order valence-electron chi connectivity index (χ4n) is 1.93. The second-order valence-electron chi connectivity index (χ2n) is 5.07. The second-order valence-corrected chi connectivity index (χ2v) is 5.07. The third kappa shape index (κ3) is 5.59. The summed E-state index contributed by atoms with van der Waals surface area (Å²) in [7, 11) is 0. The van der Waals surface area contributed by atoms with E-state index in [1.54, 1.807) is 0 Å². The summed E-state index contributed by atoms with van der Waals surface area (Å²) in [5.74, 6) is 0.341. The van der Waals surface area contributed by atoms with Crippen LogP contribution < -0.4 is 5.73 Å². The molecule has 0 aromatic carbocycles. The van der Waals surface area contributed by atoms with Crippen LogP contribution in [0.3, 0.4) is 0 Å². The van der Waals surface area contributed by atoms with Gasteiger partial charge in [-0.05, 0) is 24.8 Å². The van der Waals surface area contributed by atoms with Crippen LogP contribution in [0.5, 0.6) is 0 Å². The average molecular weight is 327 g/mol. The van der Waals surface area contributed by atoms with E-state index in [0.717, 1.165) is 12.8 Å². The van der Waals surface area contributed by atoms with Crippen LogP contribution >= 0.6 is 12.4 Å². The maximum Gasteiger partial charge on any atom is 0.390 e. The SMILES string of the molecule is Cl.NCc1cc(C(=O)N(CCC(F)(F)F)CC2CC2)co1. The first-order valence-electron chi connectivity index (χ1n) is 6.52. The number of hydrogen-bond donors (Lipinski definition) is 1. The molecule has 0 unspecified atom stereocenters. The van der Waals surface area contributed by atoms with E-state index in [-0.39, 0.29) is 31.1 Å². The summed E-state index contributed by atoms with van der Waals surface area (Å²) < 4.78 is 42.0. The summed E-state index contributed by atoms with van der Waals surface area (Å²) in [6, 6.07) is 1.48. The Bertz CT molecular complexity index is 472. The Morgan fingerprint density at radius 2 is 2.10 bits per heavy atom. The Balaban J connectivity index is 0.00000220. The topological polar surface area (TPSA) is 59.5 Å². The average Bonchev–Trinajstić information content (AvgIpc) is 3.06. The van der Waals surface area contributed by atoms with Crippen molar-refractivity contribution in [3.8, 4) is 0 Å². The number of halogens is 4. The summed E-state index contributed by atoms with van der Waals surface area (Å²) in [5, 5.41) is 0. The van der Waals surface area contributed by atoms with Crippen molar-refractivity contribution < 1.29 is 22.4 Å². The highest BCUT2D eigenvalue weighted by atomic mass is 35.5. The predicted octanol–water partition coefficient (Wildman–Crippen LogP) is 2.96. The van der Waals surface area contributed by atoms with Crippen LogP contribution in [0.4, 0.5) is 13.2 Å². The quantitative estimate of drug-likeness (QED) is 0.874. The number of carbonyl (C=O) groups is 1. The molecule has 2 rings (SSSR count). The molecule has 1 fully saturated rings. The Morgan fingerprint density at radius 3 is 2.57 bits per heavy atom. The first kappa shape index (κ1) is 17.8. The van der Waals surface area contributed by atoms with Gasteiger partial charge in [-0.1, -0.05) is 0 Å². The number of amides is 1. The number of hydrogen-bond acceptors (Lipinski definition) is 3. The number of alkyl halides is 3. The largest absolute Gasteiger partial charge is 0.467 e. The van der Waals surface area contributed by atoms with Gasteiger partial charge in [0.2, 0.25) is 0 Å². The smallest absolute Gasteiger partial charge is 0.390 e. The minimum absolute atomic E-state index is 0. The minimum Gasteiger partial charge on any atom is -0.467 e. The highest BCUT2D eigenvalue weighted by molar-refractivity contribution is 5.94. The van der Waals surface area contributed by atoms with Crippen LogP contribution in [0.15, 0.2) is 16.7 Å². The van der Waals surface area contributed by atoms with Gasteiger partial charge in [-0.25, -0.2) is 0 Å². The molecule has 0 spiro atoms. The van der Waals surface area contributed by atoms with E-state index in [4.69, 9.17) is 10.2 Å². The van der Waals surface area contributed by atoms with E-state index in [1.807, 2.05) is 0 Å². The Kier molecular flexibility index (Phi) is 6.10. The fourth-order valence-corrected chi connectivity index (χ4v) is 1.93. The number of nitrogens with zero attached hydrogens (tertiary/aromatic N) is 1. The van der Waals surface area contributed by atoms with Crippen molar-refractivity contribution in [1.29, 1.82) is 0 Å². The van der Waals surface area contributed by atoms with Crippen LogP contribution in [-0.4, -0.2) is 30.1 Å². The summed E-state index contributed by atoms with van der Waals surface area (Å²) in [6.45, 7) is 0.207. The van der Waals surface area contributed by atoms with Gasteiger partial charge in [-0.3, -0.25) is 4.79 Å². The van der Waals surface area contributed by atoms with Gasteiger partial charge in [0.15, 0.2) is 0 Å². The number of nitrogens with two attached hydrogens (primary N) is 1. The predicted molar refractivity (Wildman–Crippen MR) is 73.1 cm³/mol. The van der Waals surface area contributed by atoms with Gasteiger partial charge in [0, 0.05) is 13.1 Å². The van der Waals surface area contributed by atoms with Gasteiger partial charge in [-0.2, -0.15) is 13.2 Å². The monoisotopic (exact) mass is 326 g/mol. The van der Waals surface area contributed by atoms with Gasteiger partial charge in [0.25, 0.3) is 5.91 Å². The summed E-state index contributed by atoms with van der Waals surface area (Å²) in [6.07, 6.45) is -2.07. The molecule has 0 aliphatic heterocycles. The van der Waals surface area contributed by atoms with Gasteiger partial charge < -0.3 is 15.1 Å². The molecule has 0 bridgehead atoms. The molecule has 1 saturated carbocycles. The third-order valence-corrected chi connectivity index (χ3v) is 3.23. The molecule has 2 N–H and O–H groups in total. The lowest BCUT2D eigenvalue weighted by Crippen LogP contribution is -2.35. The van der Waals surface area contributed by atoms with E-state index in [9.17, 15) is 18.0 Å². The minimum atomic E-state index is -4.26. The van der Waals surface area contributed by atoms with E-state index in [1.165, 1.54) is 17.2 Å². The molecular weight excluding hydrogens is 309 g/mol. The van der Waals surface area contributed by atoms with Crippen LogP contribution in [-0.2, 0) is 6.54 Å². The summed E-state index contributed by atoms with van der Waals surface area (Å²) >= 11 is 0. The van der Waals surface area contributed by atoms with Crippen molar-refractivity contribution in [2.45, 2.75) is 32.0 Å². The molecule has 1 aromatic rings. The zero-order valence-corrected chi connectivity index (χ0v) is 12.2. The first-order valence-corrected chi connectivity index (χ1v) is 6.52. The maximum atomic E-state index is 12.3. The van der Waals surface area contributed by atoms with Crippen molar-refractivity contribution in [2.24, 2.45) is 11.7 Å². The summed E-state index contributed by atoms with van der Waals surface area (Å²) in [4.78, 5) is 13.5. The van der Waals surface area contributed by atoms with E-state index < -0.39 is 18.5 Å². The van der Waals surface area contributed by atoms with E-state index >= 15 is 0 Å². The fraction of sp³-hybridized carbons (Fsp3) is 0.615. The second kappa shape index (κ2) is 7.17. The van der Waals surface area contributed by atoms with Crippen molar-refractivity contribution in [1.82, 2.24) is 4.90 Å². The Hall–Kier alpha value is -1.21. The van der Waals surface area contributed by atoms with Gasteiger partial charge in [-0.15, -0.1) is 12.4 Å². The molecule has 4 nitrogen and oxygen atoms in total. The molecule has 0 atom stereocenters. The van der Waals surface area contributed by atoms with Crippen molar-refractivity contribution in [2.75, 3.05) is 13.1 Å². The molecule has 0 radical (unpaired) electrons. The molecular formula is C13H18ClF3N2O2. The third-order valence-electron chi connectivity index (χ3n) is 3.23. The Morgan fingerprint density at radius 1 is 1.43 bits per heavy atom. The van der Waals surface area contributed by atoms with E-state index in [0.29, 0.717) is 18.2 Å². The molecule has 1 amide bonds. The van der Waals surface area contributed by atoms with Crippen molar-refractivity contribution >= 4 is 18.3 Å². The Labute approximate surface area is 126 Å². The van der Waals surface area contributed by atoms with Crippen molar-refractivity contribution in [3.63, 3.8) is 0 Å². The molecule has 1 aromatic heterocycles. The zero-order valence-electron chi connectivity index (χ0n) is 11.4. The van der Waals surface area contributed by atoms with Crippen LogP contribution in [0, 0.1) is 5.92 Å². The molecule has 1 aliphatic rings. The lowest BCUT2D eigenvalue weighted by Gasteiger charge is -2.22. The van der Waals surface area contributed by atoms with Gasteiger partial charge in [0.05, 0.1) is 18.5 Å². The highest BCUT2D eigenvalue weighted by Gasteiger charge is 2.32. The molecule has 1 aliphatic carbocycles. The summed E-state index contributed by atoms with van der Waals surface area (Å²) in [5.41, 5.74) is 5.64.